The van der Waals surface area contributed by atoms with Crippen molar-refractivity contribution in [3.05, 3.63) is 11.6 Å². The summed E-state index contributed by atoms with van der Waals surface area (Å²) in [6.07, 6.45) is 4.34. The number of rotatable bonds is 2. The molecule has 14 heavy (non-hydrogen) atoms. The molecule has 0 aromatic carbocycles. The predicted octanol–water partition coefficient (Wildman–Crippen LogP) is 1.75. The minimum atomic E-state index is 0. The van der Waals surface area contributed by atoms with E-state index in [0.717, 1.165) is 13.1 Å². The molecule has 2 heterocycles. The summed E-state index contributed by atoms with van der Waals surface area (Å²) in [5.74, 6) is 0. The van der Waals surface area contributed by atoms with E-state index in [9.17, 15) is 0 Å². The highest BCUT2D eigenvalue weighted by Crippen LogP contribution is 2.21. The van der Waals surface area contributed by atoms with Crippen LogP contribution >= 0.6 is 23.7 Å². The molecule has 2 rings (SSSR count). The van der Waals surface area contributed by atoms with Gasteiger partial charge in [0, 0.05) is 30.7 Å². The molecule has 0 bridgehead atoms. The van der Waals surface area contributed by atoms with Gasteiger partial charge in [-0.05, 0) is 19.9 Å². The fourth-order valence-corrected chi connectivity index (χ4v) is 2.43. The number of thiazole rings is 1. The van der Waals surface area contributed by atoms with Crippen molar-refractivity contribution in [1.82, 2.24) is 10.3 Å². The number of hydrogen-bond acceptors (Lipinski definition) is 4. The van der Waals surface area contributed by atoms with E-state index in [-0.39, 0.29) is 12.4 Å². The van der Waals surface area contributed by atoms with Crippen molar-refractivity contribution in [3.63, 3.8) is 0 Å². The zero-order valence-electron chi connectivity index (χ0n) is 8.27. The van der Waals surface area contributed by atoms with Gasteiger partial charge in [-0.1, -0.05) is 0 Å². The summed E-state index contributed by atoms with van der Waals surface area (Å²) in [6, 6.07) is 0.705. The Kier molecular flexibility index (Phi) is 4.65. The van der Waals surface area contributed by atoms with Gasteiger partial charge in [0.15, 0.2) is 5.13 Å². The fraction of sp³-hybridized carbons (Fsp3) is 0.667. The second kappa shape index (κ2) is 5.53. The molecule has 80 valence electrons. The maximum absolute atomic E-state index is 4.31. The van der Waals surface area contributed by atoms with E-state index in [1.165, 1.54) is 18.0 Å². The van der Waals surface area contributed by atoms with Gasteiger partial charge in [-0.3, -0.25) is 0 Å². The fourth-order valence-electron chi connectivity index (χ4n) is 1.73. The lowest BCUT2D eigenvalue weighted by molar-refractivity contribution is 0.442. The molecule has 1 saturated heterocycles. The first-order valence-electron chi connectivity index (χ1n) is 4.72. The van der Waals surface area contributed by atoms with Crippen LogP contribution < -0.4 is 10.2 Å². The van der Waals surface area contributed by atoms with Crippen molar-refractivity contribution in [2.45, 2.75) is 18.9 Å². The van der Waals surface area contributed by atoms with E-state index < -0.39 is 0 Å². The van der Waals surface area contributed by atoms with E-state index in [0.29, 0.717) is 6.04 Å². The third-order valence-corrected chi connectivity index (χ3v) is 3.43. The predicted molar refractivity (Wildman–Crippen MR) is 63.7 cm³/mol. The van der Waals surface area contributed by atoms with Crippen LogP contribution in [0.5, 0.6) is 0 Å². The van der Waals surface area contributed by atoms with Crippen LogP contribution in [-0.4, -0.2) is 31.2 Å². The number of anilines is 1. The van der Waals surface area contributed by atoms with Crippen LogP contribution in [0.25, 0.3) is 0 Å². The summed E-state index contributed by atoms with van der Waals surface area (Å²) in [5.41, 5.74) is 0. The summed E-state index contributed by atoms with van der Waals surface area (Å²) in [7, 11) is 2.05. The van der Waals surface area contributed by atoms with Gasteiger partial charge in [0.1, 0.15) is 0 Å². The van der Waals surface area contributed by atoms with Gasteiger partial charge in [0.25, 0.3) is 0 Å². The molecule has 1 N–H and O–H groups in total. The van der Waals surface area contributed by atoms with Crippen molar-refractivity contribution in [3.8, 4) is 0 Å². The summed E-state index contributed by atoms with van der Waals surface area (Å²) < 4.78 is 0. The van der Waals surface area contributed by atoms with Crippen LogP contribution in [-0.2, 0) is 0 Å². The largest absolute Gasteiger partial charge is 0.348 e. The lowest BCUT2D eigenvalue weighted by atomic mass is 10.1. The maximum atomic E-state index is 4.31. The number of nitrogens with zero attached hydrogens (tertiary/aromatic N) is 2. The van der Waals surface area contributed by atoms with Crippen molar-refractivity contribution in [2.75, 3.05) is 25.0 Å². The molecule has 1 fully saturated rings. The molecule has 0 amide bonds. The Morgan fingerprint density at radius 3 is 2.71 bits per heavy atom. The van der Waals surface area contributed by atoms with Crippen LogP contribution in [0, 0.1) is 0 Å². The normalized spacial score (nSPS) is 17.9. The Morgan fingerprint density at radius 2 is 2.21 bits per heavy atom. The van der Waals surface area contributed by atoms with Crippen molar-refractivity contribution < 1.29 is 0 Å². The highest BCUT2D eigenvalue weighted by molar-refractivity contribution is 7.13. The first kappa shape index (κ1) is 11.8. The molecule has 0 saturated carbocycles. The number of hydrogen-bond donors (Lipinski definition) is 1. The lowest BCUT2D eigenvalue weighted by Crippen LogP contribution is -2.41. The minimum absolute atomic E-state index is 0. The van der Waals surface area contributed by atoms with Crippen LogP contribution in [0.2, 0.25) is 0 Å². The number of piperidine rings is 1. The maximum Gasteiger partial charge on any atom is 0.185 e. The van der Waals surface area contributed by atoms with E-state index in [1.54, 1.807) is 11.3 Å². The molecule has 0 unspecified atom stereocenters. The third kappa shape index (κ3) is 2.59. The molecule has 0 atom stereocenters. The summed E-state index contributed by atoms with van der Waals surface area (Å²) >= 11 is 1.73. The molecule has 1 aliphatic rings. The first-order chi connectivity index (χ1) is 6.40. The quantitative estimate of drug-likeness (QED) is 0.844. The third-order valence-electron chi connectivity index (χ3n) is 2.59. The second-order valence-electron chi connectivity index (χ2n) is 3.36. The second-order valence-corrected chi connectivity index (χ2v) is 4.24. The Morgan fingerprint density at radius 1 is 1.50 bits per heavy atom. The van der Waals surface area contributed by atoms with Gasteiger partial charge in [0.05, 0.1) is 0 Å². The molecule has 0 radical (unpaired) electrons. The average molecular weight is 234 g/mol. The molecule has 1 aromatic heterocycles. The van der Waals surface area contributed by atoms with Crippen LogP contribution in [0.1, 0.15) is 12.8 Å². The number of aromatic nitrogens is 1. The molecule has 5 heteroatoms. The van der Waals surface area contributed by atoms with Gasteiger partial charge >= 0.3 is 0 Å². The van der Waals surface area contributed by atoms with Crippen LogP contribution in [0.3, 0.4) is 0 Å². The van der Waals surface area contributed by atoms with Gasteiger partial charge in [-0.2, -0.15) is 0 Å². The van der Waals surface area contributed by atoms with Gasteiger partial charge in [0.2, 0.25) is 0 Å². The molecular formula is C9H16ClN3S. The van der Waals surface area contributed by atoms with Crippen LogP contribution in [0.15, 0.2) is 11.6 Å². The van der Waals surface area contributed by atoms with Gasteiger partial charge in [-0.25, -0.2) is 4.98 Å². The SMILES string of the molecule is CNC1CCN(c2nccs2)CC1.Cl. The molecule has 1 aliphatic heterocycles. The minimum Gasteiger partial charge on any atom is -0.348 e. The molecule has 1 aromatic rings. The van der Waals surface area contributed by atoms with Gasteiger partial charge < -0.3 is 10.2 Å². The number of nitrogens with one attached hydrogen (secondary N) is 1. The smallest absolute Gasteiger partial charge is 0.185 e. The molecular weight excluding hydrogens is 218 g/mol. The zero-order chi connectivity index (χ0) is 9.10. The monoisotopic (exact) mass is 233 g/mol. The average Bonchev–Trinajstić information content (AvgIpc) is 2.71. The molecule has 0 aliphatic carbocycles. The standard InChI is InChI=1S/C9H15N3S.ClH/c1-10-8-2-5-12(6-3-8)9-11-4-7-13-9;/h4,7-8,10H,2-3,5-6H2,1H3;1H. The van der Waals surface area contributed by atoms with Crippen molar-refractivity contribution >= 4 is 28.9 Å². The Bertz CT molecular complexity index is 245. The van der Waals surface area contributed by atoms with Crippen LogP contribution in [0.4, 0.5) is 5.13 Å². The summed E-state index contributed by atoms with van der Waals surface area (Å²) in [4.78, 5) is 6.69. The van der Waals surface area contributed by atoms with E-state index >= 15 is 0 Å². The zero-order valence-corrected chi connectivity index (χ0v) is 9.90. The van der Waals surface area contributed by atoms with Gasteiger partial charge in [-0.15, -0.1) is 23.7 Å². The Labute approximate surface area is 94.9 Å². The van der Waals surface area contributed by atoms with E-state index in [2.05, 4.69) is 15.2 Å². The lowest BCUT2D eigenvalue weighted by Gasteiger charge is -2.31. The summed E-state index contributed by atoms with van der Waals surface area (Å²) in [6.45, 7) is 2.28. The molecule has 0 spiro atoms. The Balaban J connectivity index is 0.000000980. The summed E-state index contributed by atoms with van der Waals surface area (Å²) in [5, 5.41) is 6.54. The van der Waals surface area contributed by atoms with E-state index in [4.69, 9.17) is 0 Å². The molecule has 3 nitrogen and oxygen atoms in total. The highest BCUT2D eigenvalue weighted by atomic mass is 35.5. The number of halogens is 1. The topological polar surface area (TPSA) is 28.2 Å². The first-order valence-corrected chi connectivity index (χ1v) is 5.60. The van der Waals surface area contributed by atoms with Crippen molar-refractivity contribution in [1.29, 1.82) is 0 Å². The van der Waals surface area contributed by atoms with E-state index in [1.807, 2.05) is 18.6 Å². The van der Waals surface area contributed by atoms with Crippen molar-refractivity contribution in [2.24, 2.45) is 0 Å². The highest BCUT2D eigenvalue weighted by Gasteiger charge is 2.18. The Hall–Kier alpha value is -0.320.